The van der Waals surface area contributed by atoms with Gasteiger partial charge in [-0.1, -0.05) is 0 Å². The molecule has 4 saturated carbocycles. The van der Waals surface area contributed by atoms with Gasteiger partial charge in [-0.25, -0.2) is 0 Å². The molecule has 7 heteroatoms. The molecular weight excluding hydrogens is 382 g/mol. The van der Waals surface area contributed by atoms with Gasteiger partial charge in [0.25, 0.3) is 0 Å². The Bertz CT molecular complexity index is 857. The molecule has 0 amide bonds. The van der Waals surface area contributed by atoms with Crippen molar-refractivity contribution in [3.63, 3.8) is 0 Å². The number of hydrogen-bond donors (Lipinski definition) is 1. The first-order valence-corrected chi connectivity index (χ1v) is 11.5. The summed E-state index contributed by atoms with van der Waals surface area (Å²) in [6.45, 7) is 5.41. The van der Waals surface area contributed by atoms with Crippen molar-refractivity contribution >= 4 is 17.5 Å². The zero-order valence-electron chi connectivity index (χ0n) is 17.3. The number of nitrogens with zero attached hydrogens (tertiary/aromatic N) is 3. The minimum absolute atomic E-state index is 0.00546. The minimum Gasteiger partial charge on any atom is -0.481 e. The van der Waals surface area contributed by atoms with Crippen LogP contribution in [0, 0.1) is 23.2 Å². The first-order valence-electron chi connectivity index (χ1n) is 11.5. The summed E-state index contributed by atoms with van der Waals surface area (Å²) < 4.78 is 0. The van der Waals surface area contributed by atoms with Crippen molar-refractivity contribution in [3.05, 3.63) is 23.2 Å². The van der Waals surface area contributed by atoms with E-state index in [-0.39, 0.29) is 17.0 Å². The van der Waals surface area contributed by atoms with E-state index < -0.39 is 5.97 Å². The highest BCUT2D eigenvalue weighted by molar-refractivity contribution is 6.22. The average Bonchev–Trinajstić information content (AvgIpc) is 3.53. The Hall–Kier alpha value is -2.31. The van der Waals surface area contributed by atoms with E-state index in [1.807, 2.05) is 14.7 Å². The van der Waals surface area contributed by atoms with Crippen LogP contribution in [-0.2, 0) is 14.4 Å². The summed E-state index contributed by atoms with van der Waals surface area (Å²) in [5, 5.41) is 9.28. The molecule has 4 bridgehead atoms. The van der Waals surface area contributed by atoms with Crippen LogP contribution in [0.1, 0.15) is 38.5 Å². The third-order valence-corrected chi connectivity index (χ3v) is 7.98. The van der Waals surface area contributed by atoms with E-state index in [0.717, 1.165) is 76.3 Å². The number of Topliss-reactive ketones (excluding diaryl/α,β-unsaturated/α-hetero) is 1. The van der Waals surface area contributed by atoms with Gasteiger partial charge in [0.2, 0.25) is 11.6 Å². The van der Waals surface area contributed by atoms with Crippen molar-refractivity contribution in [3.8, 4) is 0 Å². The quantitative estimate of drug-likeness (QED) is 0.554. The van der Waals surface area contributed by atoms with Crippen LogP contribution in [0.5, 0.6) is 0 Å². The highest BCUT2D eigenvalue weighted by Gasteiger charge is 2.54. The molecule has 0 atom stereocenters. The van der Waals surface area contributed by atoms with E-state index in [4.69, 9.17) is 0 Å². The van der Waals surface area contributed by atoms with Crippen molar-refractivity contribution in [2.75, 3.05) is 39.3 Å². The van der Waals surface area contributed by atoms with Gasteiger partial charge >= 0.3 is 5.97 Å². The average molecular weight is 412 g/mol. The monoisotopic (exact) mass is 411 g/mol. The highest BCUT2D eigenvalue weighted by Crippen LogP contribution is 2.60. The number of carboxylic acid groups (broad SMARTS) is 1. The number of carboxylic acids is 1. The second kappa shape index (κ2) is 6.34. The first kappa shape index (κ1) is 18.5. The molecule has 3 aliphatic heterocycles. The van der Waals surface area contributed by atoms with E-state index in [1.165, 1.54) is 25.3 Å². The number of rotatable bonds is 4. The van der Waals surface area contributed by atoms with Crippen LogP contribution in [0.4, 0.5) is 0 Å². The third-order valence-electron chi connectivity index (χ3n) is 7.98. The fourth-order valence-electron chi connectivity index (χ4n) is 6.65. The second-order valence-electron chi connectivity index (χ2n) is 10.4. The first-order chi connectivity index (χ1) is 14.4. The van der Waals surface area contributed by atoms with Crippen LogP contribution < -0.4 is 0 Å². The summed E-state index contributed by atoms with van der Waals surface area (Å²) in [7, 11) is 0. The van der Waals surface area contributed by atoms with E-state index in [9.17, 15) is 19.5 Å². The van der Waals surface area contributed by atoms with Crippen molar-refractivity contribution < 1.29 is 19.5 Å². The summed E-state index contributed by atoms with van der Waals surface area (Å²) in [5.74, 6) is 1.80. The summed E-state index contributed by atoms with van der Waals surface area (Å²) in [6.07, 6.45) is 8.44. The lowest BCUT2D eigenvalue weighted by Gasteiger charge is -2.54. The van der Waals surface area contributed by atoms with Crippen LogP contribution in [0.2, 0.25) is 0 Å². The molecule has 0 unspecified atom stereocenters. The number of allylic oxidation sites excluding steroid dienone is 1. The van der Waals surface area contributed by atoms with E-state index >= 15 is 0 Å². The third kappa shape index (κ3) is 3.05. The minimum atomic E-state index is -0.508. The fraction of sp³-hybridized carbons (Fsp3) is 0.696. The molecule has 0 spiro atoms. The maximum absolute atomic E-state index is 12.4. The number of hydrogen-bond acceptors (Lipinski definition) is 6. The Morgan fingerprint density at radius 3 is 1.70 bits per heavy atom. The van der Waals surface area contributed by atoms with Crippen molar-refractivity contribution in [2.24, 2.45) is 23.2 Å². The zero-order chi connectivity index (χ0) is 20.6. The Morgan fingerprint density at radius 1 is 0.800 bits per heavy atom. The number of ketones is 2. The number of carbonyl (C=O) groups excluding carboxylic acids is 2. The molecular formula is C23H29N3O4. The molecule has 0 aromatic heterocycles. The SMILES string of the molecule is O=C(O)C12CC3CC(CC(C3)C1)C2.O=C1C=C(N2CC2)C(=O)C(N2CC2)=C1N1CC1. The molecule has 1 N–H and O–H groups in total. The number of carbonyl (C=O) groups is 3. The summed E-state index contributed by atoms with van der Waals surface area (Å²) in [4.78, 5) is 41.7. The van der Waals surface area contributed by atoms with Gasteiger partial charge in [0, 0.05) is 45.3 Å². The molecule has 30 heavy (non-hydrogen) atoms. The topological polar surface area (TPSA) is 80.5 Å². The van der Waals surface area contributed by atoms with E-state index in [1.54, 1.807) is 0 Å². The van der Waals surface area contributed by atoms with E-state index in [0.29, 0.717) is 17.1 Å². The highest BCUT2D eigenvalue weighted by atomic mass is 16.4. The predicted molar refractivity (Wildman–Crippen MR) is 108 cm³/mol. The second-order valence-corrected chi connectivity index (χ2v) is 10.4. The molecule has 160 valence electrons. The molecule has 7 nitrogen and oxygen atoms in total. The molecule has 0 aromatic rings. The molecule has 0 radical (unpaired) electrons. The maximum Gasteiger partial charge on any atom is 0.309 e. The van der Waals surface area contributed by atoms with Gasteiger partial charge in [-0.15, -0.1) is 0 Å². The normalized spacial score (nSPS) is 37.8. The Morgan fingerprint density at radius 2 is 1.27 bits per heavy atom. The smallest absolute Gasteiger partial charge is 0.309 e. The van der Waals surface area contributed by atoms with Crippen LogP contribution in [0.15, 0.2) is 23.2 Å². The summed E-state index contributed by atoms with van der Waals surface area (Å²) in [6, 6.07) is 0. The van der Waals surface area contributed by atoms with Crippen LogP contribution in [0.25, 0.3) is 0 Å². The largest absolute Gasteiger partial charge is 0.481 e. The van der Waals surface area contributed by atoms with Crippen molar-refractivity contribution in [1.82, 2.24) is 14.7 Å². The molecule has 8 aliphatic rings. The van der Waals surface area contributed by atoms with Crippen LogP contribution >= 0.6 is 0 Å². The zero-order valence-corrected chi connectivity index (χ0v) is 17.3. The molecule has 3 saturated heterocycles. The lowest BCUT2D eigenvalue weighted by Crippen LogP contribution is -2.49. The molecule has 3 heterocycles. The standard InChI is InChI=1S/C12H13N3O2.C11H16O2/c16-9-7-8(13-1-2-13)12(17)11(15-5-6-15)10(9)14-3-4-14;12-10(13)11-4-7-1-8(5-11)3-9(2-7)6-11/h7H,1-6H2;7-9H,1-6H2,(H,12,13). The molecule has 7 fully saturated rings. The van der Waals surface area contributed by atoms with Crippen molar-refractivity contribution in [1.29, 1.82) is 0 Å². The van der Waals surface area contributed by atoms with Crippen LogP contribution in [0.3, 0.4) is 0 Å². The Labute approximate surface area is 176 Å². The van der Waals surface area contributed by atoms with Gasteiger partial charge in [0.05, 0.1) is 11.1 Å². The number of aliphatic carboxylic acids is 1. The van der Waals surface area contributed by atoms with E-state index in [2.05, 4.69) is 0 Å². The van der Waals surface area contributed by atoms with Gasteiger partial charge in [-0.2, -0.15) is 0 Å². The molecule has 5 aliphatic carbocycles. The lowest BCUT2D eigenvalue weighted by molar-refractivity contribution is -0.164. The lowest BCUT2D eigenvalue weighted by atomic mass is 9.49. The Balaban J connectivity index is 0.000000121. The maximum atomic E-state index is 12.4. The van der Waals surface area contributed by atoms with Gasteiger partial charge in [0.15, 0.2) is 0 Å². The summed E-state index contributed by atoms with van der Waals surface area (Å²) in [5.41, 5.74) is 1.60. The fourth-order valence-corrected chi connectivity index (χ4v) is 6.65. The summed E-state index contributed by atoms with van der Waals surface area (Å²) >= 11 is 0. The van der Waals surface area contributed by atoms with Crippen LogP contribution in [-0.4, -0.2) is 76.6 Å². The van der Waals surface area contributed by atoms with Gasteiger partial charge < -0.3 is 19.8 Å². The van der Waals surface area contributed by atoms with Gasteiger partial charge in [-0.05, 0) is 56.3 Å². The predicted octanol–water partition coefficient (Wildman–Crippen LogP) is 1.47. The molecule has 0 aromatic carbocycles. The van der Waals surface area contributed by atoms with Gasteiger partial charge in [0.1, 0.15) is 11.4 Å². The van der Waals surface area contributed by atoms with Crippen molar-refractivity contribution in [2.45, 2.75) is 38.5 Å². The van der Waals surface area contributed by atoms with Gasteiger partial charge in [-0.3, -0.25) is 14.4 Å². The molecule has 8 rings (SSSR count). The Kier molecular flexibility index (Phi) is 3.90.